The van der Waals surface area contributed by atoms with Gasteiger partial charge in [-0.15, -0.1) is 0 Å². The van der Waals surface area contributed by atoms with E-state index in [1.807, 2.05) is 0 Å². The van der Waals surface area contributed by atoms with Crippen molar-refractivity contribution < 1.29 is 18.3 Å². The third-order valence-corrected chi connectivity index (χ3v) is 1.13. The maximum atomic E-state index is 11.5. The first-order valence-corrected chi connectivity index (χ1v) is 3.17. The van der Waals surface area contributed by atoms with E-state index in [0.717, 1.165) is 0 Å². The second-order valence-corrected chi connectivity index (χ2v) is 2.04. The summed E-state index contributed by atoms with van der Waals surface area (Å²) in [7, 11) is 1.21. The minimum atomic E-state index is -2.44. The molecule has 11 heavy (non-hydrogen) atoms. The van der Waals surface area contributed by atoms with Gasteiger partial charge in [-0.3, -0.25) is 10.1 Å². The van der Waals surface area contributed by atoms with Gasteiger partial charge < -0.3 is 4.74 Å². The van der Waals surface area contributed by atoms with E-state index in [1.54, 1.807) is 0 Å². The molecule has 0 heterocycles. The number of esters is 1. The number of carbonyl (C=O) groups is 1. The Labute approximate surface area is 63.7 Å². The second-order valence-electron chi connectivity index (χ2n) is 2.04. The summed E-state index contributed by atoms with van der Waals surface area (Å²) in [4.78, 5) is 10.6. The number of hydrogen-bond donors (Lipinski definition) is 1. The fourth-order valence-corrected chi connectivity index (χ4v) is 0.526. The standard InChI is InChI=1S/C6H11F2NO2/c1-4(6(10)11-2)9-3-5(7)8/h4-5,9H,3H2,1-2H3/t4-/m0/s1. The van der Waals surface area contributed by atoms with Gasteiger partial charge in [0.1, 0.15) is 6.04 Å². The molecule has 0 amide bonds. The predicted molar refractivity (Wildman–Crippen MR) is 35.5 cm³/mol. The summed E-state index contributed by atoms with van der Waals surface area (Å²) in [6.45, 7) is 0.977. The third-order valence-electron chi connectivity index (χ3n) is 1.13. The van der Waals surface area contributed by atoms with Crippen molar-refractivity contribution in [1.82, 2.24) is 5.32 Å². The lowest BCUT2D eigenvalue weighted by Gasteiger charge is -2.09. The highest BCUT2D eigenvalue weighted by atomic mass is 19.3. The highest BCUT2D eigenvalue weighted by Crippen LogP contribution is 1.91. The first-order chi connectivity index (χ1) is 5.07. The van der Waals surface area contributed by atoms with Crippen LogP contribution in [0.4, 0.5) is 8.78 Å². The van der Waals surface area contributed by atoms with Crippen LogP contribution in [0.3, 0.4) is 0 Å². The predicted octanol–water partition coefficient (Wildman–Crippen LogP) is 0.403. The summed E-state index contributed by atoms with van der Waals surface area (Å²) >= 11 is 0. The van der Waals surface area contributed by atoms with E-state index in [1.165, 1.54) is 14.0 Å². The van der Waals surface area contributed by atoms with Gasteiger partial charge in [-0.05, 0) is 6.92 Å². The Hall–Kier alpha value is -0.710. The zero-order chi connectivity index (χ0) is 8.85. The molecule has 3 nitrogen and oxygen atoms in total. The van der Waals surface area contributed by atoms with Crippen LogP contribution in [0.15, 0.2) is 0 Å². The highest BCUT2D eigenvalue weighted by molar-refractivity contribution is 5.74. The van der Waals surface area contributed by atoms with Crippen LogP contribution in [0.5, 0.6) is 0 Å². The van der Waals surface area contributed by atoms with Gasteiger partial charge in [0.25, 0.3) is 6.43 Å². The van der Waals surface area contributed by atoms with E-state index >= 15 is 0 Å². The molecule has 0 aliphatic heterocycles. The molecule has 0 rings (SSSR count). The van der Waals surface area contributed by atoms with Gasteiger partial charge in [-0.2, -0.15) is 0 Å². The number of nitrogens with one attached hydrogen (secondary N) is 1. The molecule has 0 aromatic rings. The molecule has 0 saturated carbocycles. The molecule has 0 unspecified atom stereocenters. The van der Waals surface area contributed by atoms with Crippen molar-refractivity contribution in [2.24, 2.45) is 0 Å². The Morgan fingerprint density at radius 2 is 2.18 bits per heavy atom. The molecule has 0 aromatic heterocycles. The smallest absolute Gasteiger partial charge is 0.322 e. The molecule has 0 aliphatic rings. The zero-order valence-corrected chi connectivity index (χ0v) is 6.43. The van der Waals surface area contributed by atoms with Gasteiger partial charge >= 0.3 is 5.97 Å². The quantitative estimate of drug-likeness (QED) is 0.616. The van der Waals surface area contributed by atoms with Gasteiger partial charge in [-0.25, -0.2) is 8.78 Å². The van der Waals surface area contributed by atoms with E-state index in [4.69, 9.17) is 0 Å². The molecule has 1 N–H and O–H groups in total. The van der Waals surface area contributed by atoms with Crippen molar-refractivity contribution in [1.29, 1.82) is 0 Å². The van der Waals surface area contributed by atoms with Gasteiger partial charge in [0.15, 0.2) is 0 Å². The molecule has 0 aliphatic carbocycles. The molecular formula is C6H11F2NO2. The van der Waals surface area contributed by atoms with Crippen LogP contribution in [0, 0.1) is 0 Å². The van der Waals surface area contributed by atoms with E-state index in [0.29, 0.717) is 0 Å². The summed E-state index contributed by atoms with van der Waals surface area (Å²) in [6.07, 6.45) is -2.44. The molecule has 0 bridgehead atoms. The van der Waals surface area contributed by atoms with Crippen molar-refractivity contribution in [2.45, 2.75) is 19.4 Å². The van der Waals surface area contributed by atoms with E-state index in [9.17, 15) is 13.6 Å². The molecule has 66 valence electrons. The van der Waals surface area contributed by atoms with Gasteiger partial charge in [0.05, 0.1) is 13.7 Å². The van der Waals surface area contributed by atoms with Crippen molar-refractivity contribution >= 4 is 5.97 Å². The third kappa shape index (κ3) is 4.66. The lowest BCUT2D eigenvalue weighted by molar-refractivity contribution is -0.142. The van der Waals surface area contributed by atoms with Crippen molar-refractivity contribution in [3.05, 3.63) is 0 Å². The van der Waals surface area contributed by atoms with E-state index in [-0.39, 0.29) is 0 Å². The average Bonchev–Trinajstić information content (AvgIpc) is 1.98. The number of carbonyl (C=O) groups excluding carboxylic acids is 1. The summed E-state index contributed by atoms with van der Waals surface area (Å²) in [6, 6.07) is -0.672. The minimum Gasteiger partial charge on any atom is -0.468 e. The molecule has 0 aromatic carbocycles. The number of halogens is 2. The molecule has 0 fully saturated rings. The Morgan fingerprint density at radius 3 is 2.55 bits per heavy atom. The van der Waals surface area contributed by atoms with E-state index < -0.39 is 25.0 Å². The number of hydrogen-bond acceptors (Lipinski definition) is 3. The average molecular weight is 167 g/mol. The van der Waals surface area contributed by atoms with Gasteiger partial charge in [0.2, 0.25) is 0 Å². The molecule has 1 atom stereocenters. The number of rotatable bonds is 4. The number of methoxy groups -OCH3 is 1. The maximum absolute atomic E-state index is 11.5. The molecule has 0 spiro atoms. The van der Waals surface area contributed by atoms with E-state index in [2.05, 4.69) is 10.1 Å². The minimum absolute atomic E-state index is 0.490. The van der Waals surface area contributed by atoms with Crippen LogP contribution in [0.25, 0.3) is 0 Å². The Kier molecular flexibility index (Phi) is 4.69. The molecule has 0 saturated heterocycles. The summed E-state index contributed by atoms with van der Waals surface area (Å²) < 4.78 is 27.4. The zero-order valence-electron chi connectivity index (χ0n) is 6.43. The topological polar surface area (TPSA) is 38.3 Å². The largest absolute Gasteiger partial charge is 0.468 e. The van der Waals surface area contributed by atoms with Crippen LogP contribution < -0.4 is 5.32 Å². The fraction of sp³-hybridized carbons (Fsp3) is 0.833. The van der Waals surface area contributed by atoms with Gasteiger partial charge in [-0.1, -0.05) is 0 Å². The fourth-order valence-electron chi connectivity index (χ4n) is 0.526. The molecular weight excluding hydrogens is 156 g/mol. The van der Waals surface area contributed by atoms with Crippen LogP contribution in [0.1, 0.15) is 6.92 Å². The normalized spacial score (nSPS) is 13.2. The van der Waals surface area contributed by atoms with Crippen molar-refractivity contribution in [3.8, 4) is 0 Å². The first kappa shape index (κ1) is 10.3. The summed E-state index contributed by atoms with van der Waals surface area (Å²) in [5.41, 5.74) is 0. The Balaban J connectivity index is 3.52. The van der Waals surface area contributed by atoms with Crippen molar-refractivity contribution in [3.63, 3.8) is 0 Å². The molecule has 5 heteroatoms. The van der Waals surface area contributed by atoms with Crippen LogP contribution in [0.2, 0.25) is 0 Å². The second kappa shape index (κ2) is 5.01. The lowest BCUT2D eigenvalue weighted by Crippen LogP contribution is -2.37. The van der Waals surface area contributed by atoms with Gasteiger partial charge in [0, 0.05) is 0 Å². The SMILES string of the molecule is COC(=O)[C@H](C)NCC(F)F. The first-order valence-electron chi connectivity index (χ1n) is 3.17. The Morgan fingerprint density at radius 1 is 1.64 bits per heavy atom. The maximum Gasteiger partial charge on any atom is 0.322 e. The summed E-state index contributed by atoms with van der Waals surface area (Å²) in [5.74, 6) is -0.536. The molecule has 0 radical (unpaired) electrons. The van der Waals surface area contributed by atoms with Crippen LogP contribution >= 0.6 is 0 Å². The number of alkyl halides is 2. The Bertz CT molecular complexity index is 130. The summed E-state index contributed by atoms with van der Waals surface area (Å²) in [5, 5.41) is 2.31. The van der Waals surface area contributed by atoms with Crippen LogP contribution in [-0.4, -0.2) is 32.1 Å². The van der Waals surface area contributed by atoms with Crippen LogP contribution in [-0.2, 0) is 9.53 Å². The highest BCUT2D eigenvalue weighted by Gasteiger charge is 2.13. The monoisotopic (exact) mass is 167 g/mol. The number of ether oxygens (including phenoxy) is 1. The van der Waals surface area contributed by atoms with Crippen molar-refractivity contribution in [2.75, 3.05) is 13.7 Å². The lowest BCUT2D eigenvalue weighted by atomic mass is 10.3.